The van der Waals surface area contributed by atoms with E-state index in [1.165, 1.54) is 0 Å². The summed E-state index contributed by atoms with van der Waals surface area (Å²) >= 11 is 6.19. The van der Waals surface area contributed by atoms with Crippen LogP contribution < -0.4 is 4.90 Å². The molecule has 0 bridgehead atoms. The first-order chi connectivity index (χ1) is 11.5. The van der Waals surface area contributed by atoms with Gasteiger partial charge in [-0.15, -0.1) is 0 Å². The Hall–Kier alpha value is -2.08. The highest BCUT2D eigenvalue weighted by molar-refractivity contribution is 6.34. The number of carbonyl (C=O) groups is 3. The number of hydrogen-bond acceptors (Lipinski definition) is 3. The van der Waals surface area contributed by atoms with Crippen LogP contribution in [-0.2, 0) is 9.59 Å². The molecule has 0 aliphatic carbocycles. The summed E-state index contributed by atoms with van der Waals surface area (Å²) in [6.45, 7) is 1.45. The monoisotopic (exact) mass is 350 g/mol. The Kier molecular flexibility index (Phi) is 4.76. The number of likely N-dealkylation sites (tertiary alicyclic amines) is 1. The number of anilines is 1. The minimum absolute atomic E-state index is 0.0537. The van der Waals surface area contributed by atoms with Crippen molar-refractivity contribution in [1.82, 2.24) is 4.90 Å². The fourth-order valence-electron chi connectivity index (χ4n) is 3.27. The highest BCUT2D eigenvalue weighted by atomic mass is 35.5. The number of hydrogen-bond donors (Lipinski definition) is 1. The molecule has 128 valence electrons. The SMILES string of the molecule is O=C(O)C1CCN(C(=O)c2cc(N3CCCC3=O)ccc2Cl)CC1. The second-order valence-electron chi connectivity index (χ2n) is 6.22. The van der Waals surface area contributed by atoms with Gasteiger partial charge in [0.25, 0.3) is 5.91 Å². The minimum Gasteiger partial charge on any atom is -0.481 e. The Labute approximate surface area is 145 Å². The molecule has 1 N–H and O–H groups in total. The first kappa shape index (κ1) is 16.8. The lowest BCUT2D eigenvalue weighted by Gasteiger charge is -2.30. The van der Waals surface area contributed by atoms with Gasteiger partial charge < -0.3 is 14.9 Å². The van der Waals surface area contributed by atoms with Crippen LogP contribution >= 0.6 is 11.6 Å². The van der Waals surface area contributed by atoms with Gasteiger partial charge in [0.1, 0.15) is 0 Å². The minimum atomic E-state index is -0.810. The van der Waals surface area contributed by atoms with Crippen molar-refractivity contribution in [2.75, 3.05) is 24.5 Å². The number of piperidine rings is 1. The van der Waals surface area contributed by atoms with E-state index in [1.54, 1.807) is 28.0 Å². The lowest BCUT2D eigenvalue weighted by atomic mass is 9.96. The number of carbonyl (C=O) groups excluding carboxylic acids is 2. The first-order valence-corrected chi connectivity index (χ1v) is 8.47. The molecule has 0 unspecified atom stereocenters. The first-order valence-electron chi connectivity index (χ1n) is 8.09. The molecule has 0 atom stereocenters. The molecule has 2 saturated heterocycles. The van der Waals surface area contributed by atoms with Crippen LogP contribution in [0.3, 0.4) is 0 Å². The molecule has 7 heteroatoms. The van der Waals surface area contributed by atoms with Gasteiger partial charge in [-0.3, -0.25) is 14.4 Å². The van der Waals surface area contributed by atoms with Gasteiger partial charge in [-0.1, -0.05) is 11.6 Å². The summed E-state index contributed by atoms with van der Waals surface area (Å²) in [5.74, 6) is -1.36. The third kappa shape index (κ3) is 3.24. The van der Waals surface area contributed by atoms with Gasteiger partial charge in [-0.25, -0.2) is 0 Å². The highest BCUT2D eigenvalue weighted by Crippen LogP contribution is 2.28. The molecule has 2 aliphatic heterocycles. The standard InChI is InChI=1S/C17H19ClN2O4/c18-14-4-3-12(20-7-1-2-15(20)21)10-13(14)16(22)19-8-5-11(6-9-19)17(23)24/h3-4,10-11H,1-2,5-9H2,(H,23,24). The van der Waals surface area contributed by atoms with E-state index in [2.05, 4.69) is 0 Å². The molecule has 2 aliphatic rings. The molecule has 3 rings (SSSR count). The average molecular weight is 351 g/mol. The van der Waals surface area contributed by atoms with Gasteiger partial charge in [-0.05, 0) is 37.5 Å². The zero-order valence-corrected chi connectivity index (χ0v) is 14.0. The molecule has 0 aromatic heterocycles. The molecule has 0 radical (unpaired) electrons. The van der Waals surface area contributed by atoms with Crippen LogP contribution in [0.2, 0.25) is 5.02 Å². The molecule has 2 heterocycles. The number of nitrogens with zero attached hydrogens (tertiary/aromatic N) is 2. The van der Waals surface area contributed by atoms with Crippen molar-refractivity contribution in [3.63, 3.8) is 0 Å². The third-order valence-corrected chi connectivity index (χ3v) is 5.03. The number of amides is 2. The zero-order chi connectivity index (χ0) is 17.3. The Morgan fingerprint density at radius 2 is 1.88 bits per heavy atom. The van der Waals surface area contributed by atoms with Gasteiger partial charge in [0.15, 0.2) is 0 Å². The Morgan fingerprint density at radius 1 is 1.17 bits per heavy atom. The summed E-state index contributed by atoms with van der Waals surface area (Å²) in [5, 5.41) is 9.39. The van der Waals surface area contributed by atoms with Crippen LogP contribution in [0.25, 0.3) is 0 Å². The summed E-state index contributed by atoms with van der Waals surface area (Å²) in [4.78, 5) is 38.9. The second-order valence-corrected chi connectivity index (χ2v) is 6.62. The molecule has 0 saturated carbocycles. The van der Waals surface area contributed by atoms with E-state index in [1.807, 2.05) is 0 Å². The molecule has 2 amide bonds. The topological polar surface area (TPSA) is 77.9 Å². The number of benzene rings is 1. The summed E-state index contributed by atoms with van der Waals surface area (Å²) in [7, 11) is 0. The van der Waals surface area contributed by atoms with Crippen molar-refractivity contribution >= 4 is 35.1 Å². The Balaban J connectivity index is 1.77. The molecule has 0 spiro atoms. The normalized spacial score (nSPS) is 19.0. The van der Waals surface area contributed by atoms with E-state index in [4.69, 9.17) is 16.7 Å². The van der Waals surface area contributed by atoms with Crippen LogP contribution in [-0.4, -0.2) is 47.4 Å². The summed E-state index contributed by atoms with van der Waals surface area (Å²) in [5.41, 5.74) is 1.05. The van der Waals surface area contributed by atoms with E-state index in [0.717, 1.165) is 6.42 Å². The molecule has 2 fully saturated rings. The van der Waals surface area contributed by atoms with E-state index >= 15 is 0 Å². The fraction of sp³-hybridized carbons (Fsp3) is 0.471. The van der Waals surface area contributed by atoms with Gasteiger partial charge in [-0.2, -0.15) is 0 Å². The maximum atomic E-state index is 12.7. The third-order valence-electron chi connectivity index (χ3n) is 4.70. The summed E-state index contributed by atoms with van der Waals surface area (Å²) < 4.78 is 0. The van der Waals surface area contributed by atoms with E-state index in [-0.39, 0.29) is 11.8 Å². The molecular formula is C17H19ClN2O4. The Bertz CT molecular complexity index is 683. The molecular weight excluding hydrogens is 332 g/mol. The van der Waals surface area contributed by atoms with Crippen molar-refractivity contribution in [3.8, 4) is 0 Å². The van der Waals surface area contributed by atoms with Crippen molar-refractivity contribution in [2.45, 2.75) is 25.7 Å². The quantitative estimate of drug-likeness (QED) is 0.908. The molecule has 1 aromatic rings. The van der Waals surface area contributed by atoms with Crippen LogP contribution in [0, 0.1) is 5.92 Å². The summed E-state index contributed by atoms with van der Waals surface area (Å²) in [6.07, 6.45) is 2.23. The van der Waals surface area contributed by atoms with Gasteiger partial charge in [0.2, 0.25) is 5.91 Å². The van der Waals surface area contributed by atoms with Crippen molar-refractivity contribution < 1.29 is 19.5 Å². The number of rotatable bonds is 3. The van der Waals surface area contributed by atoms with Crippen molar-refractivity contribution in [1.29, 1.82) is 0 Å². The van der Waals surface area contributed by atoms with E-state index in [0.29, 0.717) is 55.2 Å². The van der Waals surface area contributed by atoms with Crippen molar-refractivity contribution in [3.05, 3.63) is 28.8 Å². The highest BCUT2D eigenvalue weighted by Gasteiger charge is 2.29. The Morgan fingerprint density at radius 3 is 2.46 bits per heavy atom. The van der Waals surface area contributed by atoms with Gasteiger partial charge >= 0.3 is 5.97 Å². The smallest absolute Gasteiger partial charge is 0.306 e. The fourth-order valence-corrected chi connectivity index (χ4v) is 3.46. The van der Waals surface area contributed by atoms with Crippen molar-refractivity contribution in [2.24, 2.45) is 5.92 Å². The molecule has 1 aromatic carbocycles. The maximum absolute atomic E-state index is 12.7. The lowest BCUT2D eigenvalue weighted by molar-refractivity contribution is -0.143. The zero-order valence-electron chi connectivity index (χ0n) is 13.2. The van der Waals surface area contributed by atoms with Crippen LogP contribution in [0.1, 0.15) is 36.0 Å². The average Bonchev–Trinajstić information content (AvgIpc) is 3.01. The number of carboxylic acids is 1. The second kappa shape index (κ2) is 6.81. The maximum Gasteiger partial charge on any atom is 0.306 e. The van der Waals surface area contributed by atoms with E-state index in [9.17, 15) is 14.4 Å². The van der Waals surface area contributed by atoms with Gasteiger partial charge in [0, 0.05) is 31.7 Å². The van der Waals surface area contributed by atoms with E-state index < -0.39 is 11.9 Å². The predicted molar refractivity (Wildman–Crippen MR) is 89.3 cm³/mol. The number of aliphatic carboxylic acids is 1. The van der Waals surface area contributed by atoms with Gasteiger partial charge in [0.05, 0.1) is 16.5 Å². The van der Waals surface area contributed by atoms with Crippen LogP contribution in [0.5, 0.6) is 0 Å². The largest absolute Gasteiger partial charge is 0.481 e. The predicted octanol–water partition coefficient (Wildman–Crippen LogP) is 2.40. The number of halogens is 1. The lowest BCUT2D eigenvalue weighted by Crippen LogP contribution is -2.40. The molecule has 6 nitrogen and oxygen atoms in total. The van der Waals surface area contributed by atoms with Crippen LogP contribution in [0.15, 0.2) is 18.2 Å². The molecule has 24 heavy (non-hydrogen) atoms. The summed E-state index contributed by atoms with van der Waals surface area (Å²) in [6, 6.07) is 5.05. The van der Waals surface area contributed by atoms with Crippen LogP contribution in [0.4, 0.5) is 5.69 Å². The number of carboxylic acid groups (broad SMARTS) is 1.